The Hall–Kier alpha value is -3.01. The summed E-state index contributed by atoms with van der Waals surface area (Å²) < 4.78 is 7.94. The lowest BCUT2D eigenvalue weighted by Crippen LogP contribution is -2.32. The van der Waals surface area contributed by atoms with E-state index in [4.69, 9.17) is 4.74 Å². The molecule has 0 atom stereocenters. The molecule has 30 heavy (non-hydrogen) atoms. The maximum Gasteiger partial charge on any atom is 0.254 e. The van der Waals surface area contributed by atoms with Gasteiger partial charge in [0.1, 0.15) is 5.75 Å². The molecular weight excluding hydrogens is 372 g/mol. The average molecular weight is 405 g/mol. The summed E-state index contributed by atoms with van der Waals surface area (Å²) in [5.41, 5.74) is 3.09. The van der Waals surface area contributed by atoms with Gasteiger partial charge < -0.3 is 14.2 Å². The van der Waals surface area contributed by atoms with E-state index < -0.39 is 0 Å². The van der Waals surface area contributed by atoms with Crippen molar-refractivity contribution in [2.24, 2.45) is 0 Å². The van der Waals surface area contributed by atoms with Crippen LogP contribution in [-0.2, 0) is 13.1 Å². The van der Waals surface area contributed by atoms with Gasteiger partial charge in [0.05, 0.1) is 13.2 Å². The SMILES string of the molecule is CCCCOc1ccc(C(=O)N(CCC)Cc2cccn2Cc2ccccc2)cc1. The van der Waals surface area contributed by atoms with Crippen LogP contribution in [0.4, 0.5) is 0 Å². The lowest BCUT2D eigenvalue weighted by atomic mass is 10.1. The highest BCUT2D eigenvalue weighted by molar-refractivity contribution is 5.94. The van der Waals surface area contributed by atoms with Crippen LogP contribution in [0.15, 0.2) is 72.9 Å². The first-order chi connectivity index (χ1) is 14.7. The van der Waals surface area contributed by atoms with Gasteiger partial charge in [0.15, 0.2) is 0 Å². The Labute approximate surface area is 180 Å². The minimum absolute atomic E-state index is 0.0596. The molecule has 0 saturated carbocycles. The average Bonchev–Trinajstić information content (AvgIpc) is 3.21. The Morgan fingerprint density at radius 1 is 0.933 bits per heavy atom. The number of rotatable bonds is 11. The van der Waals surface area contributed by atoms with Gasteiger partial charge in [-0.2, -0.15) is 0 Å². The van der Waals surface area contributed by atoms with Gasteiger partial charge in [0, 0.05) is 30.5 Å². The van der Waals surface area contributed by atoms with Crippen LogP contribution in [0.1, 0.15) is 54.7 Å². The van der Waals surface area contributed by atoms with Gasteiger partial charge in [-0.3, -0.25) is 4.79 Å². The molecule has 0 spiro atoms. The maximum atomic E-state index is 13.2. The summed E-state index contributed by atoms with van der Waals surface area (Å²) in [4.78, 5) is 15.1. The van der Waals surface area contributed by atoms with E-state index in [9.17, 15) is 4.79 Å². The summed E-state index contributed by atoms with van der Waals surface area (Å²) in [7, 11) is 0. The zero-order valence-electron chi connectivity index (χ0n) is 18.1. The van der Waals surface area contributed by atoms with Crippen LogP contribution >= 0.6 is 0 Å². The van der Waals surface area contributed by atoms with Crippen molar-refractivity contribution >= 4 is 5.91 Å². The molecule has 1 heterocycles. The number of hydrogen-bond donors (Lipinski definition) is 0. The molecule has 0 unspecified atom stereocenters. The van der Waals surface area contributed by atoms with Gasteiger partial charge >= 0.3 is 0 Å². The minimum atomic E-state index is 0.0596. The fourth-order valence-corrected chi connectivity index (χ4v) is 3.46. The number of carbonyl (C=O) groups excluding carboxylic acids is 1. The molecule has 0 aliphatic rings. The molecule has 3 rings (SSSR count). The number of unbranched alkanes of at least 4 members (excludes halogenated alkanes) is 1. The van der Waals surface area contributed by atoms with E-state index in [1.165, 1.54) is 5.56 Å². The van der Waals surface area contributed by atoms with E-state index in [0.29, 0.717) is 18.7 Å². The predicted octanol–water partition coefficient (Wildman–Crippen LogP) is 5.77. The lowest BCUT2D eigenvalue weighted by Gasteiger charge is -2.23. The number of amides is 1. The van der Waals surface area contributed by atoms with Crippen molar-refractivity contribution in [1.82, 2.24) is 9.47 Å². The minimum Gasteiger partial charge on any atom is -0.494 e. The highest BCUT2D eigenvalue weighted by atomic mass is 16.5. The Bertz CT molecular complexity index is 900. The summed E-state index contributed by atoms with van der Waals surface area (Å²) in [6.45, 7) is 7.09. The Balaban J connectivity index is 1.69. The Morgan fingerprint density at radius 3 is 2.40 bits per heavy atom. The Morgan fingerprint density at radius 2 is 1.70 bits per heavy atom. The van der Waals surface area contributed by atoms with Gasteiger partial charge in [-0.05, 0) is 54.8 Å². The van der Waals surface area contributed by atoms with Crippen molar-refractivity contribution in [2.45, 2.75) is 46.2 Å². The fraction of sp³-hybridized carbons (Fsp3) is 0.346. The molecule has 0 aliphatic carbocycles. The smallest absolute Gasteiger partial charge is 0.254 e. The molecule has 4 heteroatoms. The molecule has 1 amide bonds. The van der Waals surface area contributed by atoms with Crippen LogP contribution in [0.2, 0.25) is 0 Å². The van der Waals surface area contributed by atoms with Crippen LogP contribution in [0.25, 0.3) is 0 Å². The van der Waals surface area contributed by atoms with Crippen molar-refractivity contribution in [1.29, 1.82) is 0 Å². The largest absolute Gasteiger partial charge is 0.494 e. The second kappa shape index (κ2) is 11.2. The van der Waals surface area contributed by atoms with Gasteiger partial charge in [0.25, 0.3) is 5.91 Å². The number of ether oxygens (including phenoxy) is 1. The molecule has 1 aromatic heterocycles. The number of aromatic nitrogens is 1. The molecular formula is C26H32N2O2. The second-order valence-corrected chi connectivity index (χ2v) is 7.57. The number of hydrogen-bond acceptors (Lipinski definition) is 2. The Kier molecular flexibility index (Phi) is 8.13. The quantitative estimate of drug-likeness (QED) is 0.380. The van der Waals surface area contributed by atoms with Gasteiger partial charge in [-0.15, -0.1) is 0 Å². The molecule has 0 N–H and O–H groups in total. The maximum absolute atomic E-state index is 13.2. The van der Waals surface area contributed by atoms with E-state index in [0.717, 1.165) is 43.8 Å². The standard InChI is InChI=1S/C26H32N2O2/c1-3-5-19-30-25-15-13-23(14-16-25)26(29)28(17-4-2)21-24-12-9-18-27(24)20-22-10-7-6-8-11-22/h6-16,18H,3-5,17,19-21H2,1-2H3. The summed E-state index contributed by atoms with van der Waals surface area (Å²) in [5.74, 6) is 0.878. The van der Waals surface area contributed by atoms with E-state index in [2.05, 4.69) is 61.0 Å². The van der Waals surface area contributed by atoms with Gasteiger partial charge in [0.2, 0.25) is 0 Å². The van der Waals surface area contributed by atoms with Crippen LogP contribution in [0.3, 0.4) is 0 Å². The highest BCUT2D eigenvalue weighted by Gasteiger charge is 2.17. The first kappa shape index (κ1) is 21.7. The third-order valence-electron chi connectivity index (χ3n) is 5.12. The number of benzene rings is 2. The van der Waals surface area contributed by atoms with Crippen LogP contribution in [0.5, 0.6) is 5.75 Å². The summed E-state index contributed by atoms with van der Waals surface area (Å²) in [6.07, 6.45) is 5.14. The van der Waals surface area contributed by atoms with Crippen LogP contribution in [-0.4, -0.2) is 28.5 Å². The summed E-state index contributed by atoms with van der Waals surface area (Å²) in [6, 6.07) is 22.1. The summed E-state index contributed by atoms with van der Waals surface area (Å²) in [5, 5.41) is 0. The molecule has 4 nitrogen and oxygen atoms in total. The molecule has 0 saturated heterocycles. The molecule has 0 aliphatic heterocycles. The number of nitrogens with zero attached hydrogens (tertiary/aromatic N) is 2. The topological polar surface area (TPSA) is 34.5 Å². The van der Waals surface area contributed by atoms with Crippen LogP contribution < -0.4 is 4.74 Å². The first-order valence-electron chi connectivity index (χ1n) is 10.9. The molecule has 0 fully saturated rings. The van der Waals surface area contributed by atoms with E-state index in [-0.39, 0.29) is 5.91 Å². The van der Waals surface area contributed by atoms with Gasteiger partial charge in [-0.25, -0.2) is 0 Å². The van der Waals surface area contributed by atoms with Crippen LogP contribution in [0, 0.1) is 0 Å². The zero-order valence-corrected chi connectivity index (χ0v) is 18.1. The molecule has 3 aromatic rings. The van der Waals surface area contributed by atoms with Crippen molar-refractivity contribution < 1.29 is 9.53 Å². The zero-order chi connectivity index (χ0) is 21.2. The number of carbonyl (C=O) groups is 1. The highest BCUT2D eigenvalue weighted by Crippen LogP contribution is 2.17. The molecule has 0 bridgehead atoms. The molecule has 2 aromatic carbocycles. The van der Waals surface area contributed by atoms with E-state index in [1.807, 2.05) is 35.2 Å². The van der Waals surface area contributed by atoms with Crippen molar-refractivity contribution in [3.05, 3.63) is 89.7 Å². The van der Waals surface area contributed by atoms with Crippen molar-refractivity contribution in [3.8, 4) is 5.75 Å². The lowest BCUT2D eigenvalue weighted by molar-refractivity contribution is 0.0739. The van der Waals surface area contributed by atoms with E-state index in [1.54, 1.807) is 0 Å². The fourth-order valence-electron chi connectivity index (χ4n) is 3.46. The molecule has 0 radical (unpaired) electrons. The normalized spacial score (nSPS) is 10.7. The second-order valence-electron chi connectivity index (χ2n) is 7.57. The monoisotopic (exact) mass is 404 g/mol. The molecule has 158 valence electrons. The third-order valence-corrected chi connectivity index (χ3v) is 5.12. The van der Waals surface area contributed by atoms with E-state index >= 15 is 0 Å². The van der Waals surface area contributed by atoms with Crippen molar-refractivity contribution in [2.75, 3.05) is 13.2 Å². The van der Waals surface area contributed by atoms with Crippen molar-refractivity contribution in [3.63, 3.8) is 0 Å². The summed E-state index contributed by atoms with van der Waals surface area (Å²) >= 11 is 0. The third kappa shape index (κ3) is 5.99. The van der Waals surface area contributed by atoms with Gasteiger partial charge in [-0.1, -0.05) is 50.6 Å². The predicted molar refractivity (Wildman–Crippen MR) is 122 cm³/mol. The first-order valence-corrected chi connectivity index (χ1v) is 10.9.